The summed E-state index contributed by atoms with van der Waals surface area (Å²) in [6, 6.07) is 2.38. The van der Waals surface area contributed by atoms with Crippen LogP contribution in [0.2, 0.25) is 0 Å². The van der Waals surface area contributed by atoms with Gasteiger partial charge in [0, 0.05) is 0 Å². The van der Waals surface area contributed by atoms with E-state index >= 15 is 0 Å². The quantitative estimate of drug-likeness (QED) is 0.829. The molecule has 0 amide bonds. The minimum Gasteiger partial charge on any atom is -0.303 e. The van der Waals surface area contributed by atoms with Crippen molar-refractivity contribution in [3.63, 3.8) is 0 Å². The second-order valence-electron chi connectivity index (χ2n) is 6.85. The summed E-state index contributed by atoms with van der Waals surface area (Å²) in [5, 5.41) is 12.3. The molecule has 19 heavy (non-hydrogen) atoms. The van der Waals surface area contributed by atoms with Crippen molar-refractivity contribution < 1.29 is 0 Å². The number of nitrogens with one attached hydrogen (secondary N) is 1. The molecule has 1 aliphatic carbocycles. The van der Waals surface area contributed by atoms with Crippen LogP contribution in [0.5, 0.6) is 0 Å². The first kappa shape index (κ1) is 14.8. The van der Waals surface area contributed by atoms with Gasteiger partial charge >= 0.3 is 0 Å². The van der Waals surface area contributed by atoms with E-state index in [1.807, 2.05) is 14.0 Å². The molecule has 0 aromatic carbocycles. The van der Waals surface area contributed by atoms with Gasteiger partial charge in [0.1, 0.15) is 5.54 Å². The lowest BCUT2D eigenvalue weighted by Crippen LogP contribution is -2.41. The Labute approximate surface area is 118 Å². The lowest BCUT2D eigenvalue weighted by molar-refractivity contribution is 0.106. The molecule has 2 aliphatic rings. The van der Waals surface area contributed by atoms with Gasteiger partial charge in [-0.2, -0.15) is 5.26 Å². The van der Waals surface area contributed by atoms with E-state index in [4.69, 9.17) is 5.26 Å². The highest BCUT2D eigenvalue weighted by atomic mass is 15.1. The fraction of sp³-hybridized carbons (Fsp3) is 0.938. The Hall–Kier alpha value is -0.590. The molecule has 0 aromatic heterocycles. The molecule has 1 spiro atoms. The number of piperidine rings is 1. The molecule has 1 aliphatic heterocycles. The third-order valence-electron chi connectivity index (χ3n) is 5.53. The van der Waals surface area contributed by atoms with E-state index in [0.717, 1.165) is 24.8 Å². The van der Waals surface area contributed by atoms with E-state index in [1.54, 1.807) is 0 Å². The average molecular weight is 263 g/mol. The van der Waals surface area contributed by atoms with Crippen molar-refractivity contribution >= 4 is 0 Å². The summed E-state index contributed by atoms with van der Waals surface area (Å²) < 4.78 is 0. The van der Waals surface area contributed by atoms with Crippen molar-refractivity contribution in [3.8, 4) is 6.07 Å². The topological polar surface area (TPSA) is 39.1 Å². The zero-order valence-corrected chi connectivity index (χ0v) is 12.7. The van der Waals surface area contributed by atoms with Gasteiger partial charge in [0.05, 0.1) is 6.07 Å². The van der Waals surface area contributed by atoms with Gasteiger partial charge in [-0.1, -0.05) is 12.8 Å². The van der Waals surface area contributed by atoms with Crippen molar-refractivity contribution in [1.82, 2.24) is 10.2 Å². The summed E-state index contributed by atoms with van der Waals surface area (Å²) in [6.45, 7) is 5.72. The van der Waals surface area contributed by atoms with Gasteiger partial charge < -0.3 is 10.2 Å². The van der Waals surface area contributed by atoms with Crippen molar-refractivity contribution in [2.24, 2.45) is 5.41 Å². The molecule has 1 unspecified atom stereocenters. The Morgan fingerprint density at radius 2 is 1.84 bits per heavy atom. The second-order valence-corrected chi connectivity index (χ2v) is 6.85. The molecule has 2 rings (SSSR count). The van der Waals surface area contributed by atoms with E-state index < -0.39 is 0 Å². The van der Waals surface area contributed by atoms with Gasteiger partial charge in [0.25, 0.3) is 0 Å². The van der Waals surface area contributed by atoms with E-state index in [2.05, 4.69) is 16.3 Å². The molecule has 108 valence electrons. The molecule has 1 N–H and O–H groups in total. The first-order valence-electron chi connectivity index (χ1n) is 7.94. The Bertz CT molecular complexity index is 317. The monoisotopic (exact) mass is 263 g/mol. The maximum absolute atomic E-state index is 9.14. The summed E-state index contributed by atoms with van der Waals surface area (Å²) in [5.74, 6) is 0. The molecule has 1 saturated carbocycles. The second kappa shape index (κ2) is 6.24. The largest absolute Gasteiger partial charge is 0.303 e. The molecule has 3 heteroatoms. The lowest BCUT2D eigenvalue weighted by Gasteiger charge is -2.39. The van der Waals surface area contributed by atoms with Crippen molar-refractivity contribution in [1.29, 1.82) is 5.26 Å². The molecule has 1 atom stereocenters. The van der Waals surface area contributed by atoms with Crippen molar-refractivity contribution in [2.45, 2.75) is 63.8 Å². The summed E-state index contributed by atoms with van der Waals surface area (Å²) in [6.07, 6.45) is 10.8. The highest BCUT2D eigenvalue weighted by Crippen LogP contribution is 2.46. The lowest BCUT2D eigenvalue weighted by atomic mass is 9.77. The highest BCUT2D eigenvalue weighted by Gasteiger charge is 2.36. The van der Waals surface area contributed by atoms with E-state index in [9.17, 15) is 0 Å². The predicted molar refractivity (Wildman–Crippen MR) is 78.9 cm³/mol. The molecule has 1 heterocycles. The number of nitriles is 1. The normalized spacial score (nSPS) is 26.2. The molecule has 2 fully saturated rings. The fourth-order valence-electron chi connectivity index (χ4n) is 3.77. The summed E-state index contributed by atoms with van der Waals surface area (Å²) in [5.41, 5.74) is 0.380. The Kier molecular flexibility index (Phi) is 4.86. The fourth-order valence-corrected chi connectivity index (χ4v) is 3.77. The van der Waals surface area contributed by atoms with Crippen LogP contribution in [0, 0.1) is 16.7 Å². The zero-order valence-electron chi connectivity index (χ0n) is 12.7. The molecule has 0 bridgehead atoms. The van der Waals surface area contributed by atoms with Crippen LogP contribution in [0.1, 0.15) is 58.3 Å². The van der Waals surface area contributed by atoms with Gasteiger partial charge in [-0.05, 0) is 77.5 Å². The highest BCUT2D eigenvalue weighted by molar-refractivity contribution is 5.02. The molecule has 1 saturated heterocycles. The van der Waals surface area contributed by atoms with E-state index in [-0.39, 0.29) is 5.54 Å². The number of likely N-dealkylation sites (tertiary alicyclic amines) is 1. The number of hydrogen-bond donors (Lipinski definition) is 1. The maximum atomic E-state index is 9.14. The predicted octanol–water partition coefficient (Wildman–Crippen LogP) is 2.92. The summed E-state index contributed by atoms with van der Waals surface area (Å²) >= 11 is 0. The van der Waals surface area contributed by atoms with Gasteiger partial charge in [-0.25, -0.2) is 0 Å². The standard InChI is InChI=1S/C16H29N3/c1-15(14-17,18-2)6-5-11-19-12-9-16(10-13-19)7-3-4-8-16/h18H,3-13H2,1-2H3. The van der Waals surface area contributed by atoms with Crippen LogP contribution in [-0.2, 0) is 0 Å². The van der Waals surface area contributed by atoms with Crippen LogP contribution in [0.4, 0.5) is 0 Å². The van der Waals surface area contributed by atoms with E-state index in [0.29, 0.717) is 0 Å². The van der Waals surface area contributed by atoms with Crippen LogP contribution < -0.4 is 5.32 Å². The molecule has 0 radical (unpaired) electrons. The summed E-state index contributed by atoms with van der Waals surface area (Å²) in [4.78, 5) is 2.61. The minimum atomic E-state index is -0.345. The van der Waals surface area contributed by atoms with Gasteiger partial charge in [-0.3, -0.25) is 0 Å². The molecular weight excluding hydrogens is 234 g/mol. The Morgan fingerprint density at radius 3 is 2.37 bits per heavy atom. The number of nitrogens with zero attached hydrogens (tertiary/aromatic N) is 2. The smallest absolute Gasteiger partial charge is 0.103 e. The Balaban J connectivity index is 1.67. The van der Waals surface area contributed by atoms with Crippen LogP contribution in [0.15, 0.2) is 0 Å². The SMILES string of the molecule is CNC(C)(C#N)CCCN1CCC2(CCCC2)CC1. The van der Waals surface area contributed by atoms with Crippen molar-refractivity contribution in [2.75, 3.05) is 26.7 Å². The van der Waals surface area contributed by atoms with Crippen LogP contribution in [0.25, 0.3) is 0 Å². The van der Waals surface area contributed by atoms with E-state index in [1.165, 1.54) is 51.6 Å². The van der Waals surface area contributed by atoms with Gasteiger partial charge in [0.2, 0.25) is 0 Å². The first-order chi connectivity index (χ1) is 9.11. The van der Waals surface area contributed by atoms with Gasteiger partial charge in [0.15, 0.2) is 0 Å². The van der Waals surface area contributed by atoms with Gasteiger partial charge in [-0.15, -0.1) is 0 Å². The third kappa shape index (κ3) is 3.70. The Morgan fingerprint density at radius 1 is 1.21 bits per heavy atom. The van der Waals surface area contributed by atoms with Crippen molar-refractivity contribution in [3.05, 3.63) is 0 Å². The van der Waals surface area contributed by atoms with Crippen LogP contribution in [0.3, 0.4) is 0 Å². The zero-order chi connectivity index (χ0) is 13.8. The summed E-state index contributed by atoms with van der Waals surface area (Å²) in [7, 11) is 1.88. The first-order valence-corrected chi connectivity index (χ1v) is 7.94. The molecule has 3 nitrogen and oxygen atoms in total. The van der Waals surface area contributed by atoms with Crippen LogP contribution >= 0.6 is 0 Å². The minimum absolute atomic E-state index is 0.345. The number of rotatable bonds is 5. The molecule has 0 aromatic rings. The average Bonchev–Trinajstić information content (AvgIpc) is 2.89. The van der Waals surface area contributed by atoms with Crippen LogP contribution in [-0.4, -0.2) is 37.1 Å². The maximum Gasteiger partial charge on any atom is 0.103 e. The third-order valence-corrected chi connectivity index (χ3v) is 5.53. The molecular formula is C16H29N3. The number of hydrogen-bond acceptors (Lipinski definition) is 3.